The molecule has 0 bridgehead atoms. The number of piperidine rings is 1. The van der Waals surface area contributed by atoms with Gasteiger partial charge in [-0.25, -0.2) is 22.6 Å². The summed E-state index contributed by atoms with van der Waals surface area (Å²) in [5, 5.41) is 4.58. The molecule has 4 rings (SSSR count). The minimum Gasteiger partial charge on any atom is -0.326 e. The number of benzene rings is 2. The maximum absolute atomic E-state index is 14.6. The second kappa shape index (κ2) is 10.9. The first-order chi connectivity index (χ1) is 18.3. The Bertz CT molecular complexity index is 1470. The summed E-state index contributed by atoms with van der Waals surface area (Å²) in [5.74, 6) is -0.759. The molecular weight excluding hydrogens is 542 g/mol. The lowest BCUT2D eigenvalue weighted by atomic mass is 10.0. The molecule has 0 spiro atoms. The summed E-state index contributed by atoms with van der Waals surface area (Å²) in [7, 11) is -3.52. The molecule has 2 aromatic carbocycles. The Labute approximate surface area is 221 Å². The third-order valence-corrected chi connectivity index (χ3v) is 6.38. The van der Waals surface area contributed by atoms with Crippen LogP contribution in [-0.2, 0) is 21.0 Å². The van der Waals surface area contributed by atoms with E-state index in [1.807, 2.05) is 0 Å². The monoisotopic (exact) mass is 565 g/mol. The lowest BCUT2D eigenvalue weighted by molar-refractivity contribution is -0.137. The molecule has 206 valence electrons. The van der Waals surface area contributed by atoms with Gasteiger partial charge in [-0.05, 0) is 35.9 Å². The standard InChI is InChI=1S/C25H23F4N5O4S/c1-39(37,38)33-20-5-3-2-4-19(20)15-6-9-18(10-7-15)34-14-17(26)12-21(23(34)35)31-24(36)32-22-11-8-16(13-30-22)25(27,28)29/h2-11,13,17,21,33H,12,14H2,1H3,(H2,30,31,32,36)/t17?,21-/m1/s1. The van der Waals surface area contributed by atoms with E-state index >= 15 is 0 Å². The number of hydrogen-bond acceptors (Lipinski definition) is 5. The van der Waals surface area contributed by atoms with E-state index in [-0.39, 0.29) is 18.8 Å². The first kappa shape index (κ1) is 27.8. The van der Waals surface area contributed by atoms with Crippen molar-refractivity contribution in [1.82, 2.24) is 10.3 Å². The molecule has 3 aromatic rings. The van der Waals surface area contributed by atoms with Crippen molar-refractivity contribution in [1.29, 1.82) is 0 Å². The van der Waals surface area contributed by atoms with Crippen molar-refractivity contribution in [2.75, 3.05) is 27.7 Å². The normalized spacial score (nSPS) is 18.0. The molecular formula is C25H23F4N5O4S. The fourth-order valence-corrected chi connectivity index (χ4v) is 4.63. The summed E-state index contributed by atoms with van der Waals surface area (Å²) in [4.78, 5) is 30.2. The largest absolute Gasteiger partial charge is 0.417 e. The Kier molecular flexibility index (Phi) is 7.77. The molecule has 3 N–H and O–H groups in total. The number of urea groups is 1. The topological polar surface area (TPSA) is 120 Å². The molecule has 0 radical (unpaired) electrons. The van der Waals surface area contributed by atoms with E-state index in [4.69, 9.17) is 0 Å². The van der Waals surface area contributed by atoms with Crippen LogP contribution < -0.4 is 20.3 Å². The van der Waals surface area contributed by atoms with Crippen molar-refractivity contribution in [2.24, 2.45) is 0 Å². The highest BCUT2D eigenvalue weighted by Gasteiger charge is 2.36. The van der Waals surface area contributed by atoms with Crippen LogP contribution in [0.25, 0.3) is 11.1 Å². The van der Waals surface area contributed by atoms with Gasteiger partial charge in [-0.15, -0.1) is 0 Å². The molecule has 0 saturated carbocycles. The van der Waals surface area contributed by atoms with Crippen LogP contribution in [0.4, 0.5) is 39.5 Å². The molecule has 1 unspecified atom stereocenters. The summed E-state index contributed by atoms with van der Waals surface area (Å²) < 4.78 is 78.5. The Morgan fingerprint density at radius 1 is 1.05 bits per heavy atom. The number of nitrogens with one attached hydrogen (secondary N) is 3. The molecule has 2 heterocycles. The lowest BCUT2D eigenvalue weighted by Crippen LogP contribution is -2.56. The Morgan fingerprint density at radius 2 is 1.74 bits per heavy atom. The van der Waals surface area contributed by atoms with Crippen molar-refractivity contribution in [3.8, 4) is 11.1 Å². The summed E-state index contributed by atoms with van der Waals surface area (Å²) in [6, 6.07) is 12.7. The Balaban J connectivity index is 1.46. The number of anilines is 3. The first-order valence-electron chi connectivity index (χ1n) is 11.5. The number of para-hydroxylation sites is 1. The van der Waals surface area contributed by atoms with Crippen molar-refractivity contribution >= 4 is 39.2 Å². The van der Waals surface area contributed by atoms with E-state index in [0.717, 1.165) is 18.4 Å². The zero-order chi connectivity index (χ0) is 28.4. The second-order valence-corrected chi connectivity index (χ2v) is 10.6. The summed E-state index contributed by atoms with van der Waals surface area (Å²) in [6.45, 7) is -0.245. The molecule has 1 aliphatic rings. The van der Waals surface area contributed by atoms with Crippen molar-refractivity contribution in [3.05, 3.63) is 72.4 Å². The number of nitrogens with zero attached hydrogens (tertiary/aromatic N) is 2. The van der Waals surface area contributed by atoms with E-state index < -0.39 is 45.9 Å². The molecule has 1 aromatic heterocycles. The van der Waals surface area contributed by atoms with Gasteiger partial charge in [-0.3, -0.25) is 14.8 Å². The van der Waals surface area contributed by atoms with Crippen LogP contribution in [0.3, 0.4) is 0 Å². The minimum atomic E-state index is -4.59. The van der Waals surface area contributed by atoms with Gasteiger partial charge in [0.25, 0.3) is 0 Å². The highest BCUT2D eigenvalue weighted by molar-refractivity contribution is 7.92. The number of rotatable bonds is 6. The van der Waals surface area contributed by atoms with Crippen LogP contribution in [0.1, 0.15) is 12.0 Å². The van der Waals surface area contributed by atoms with E-state index in [1.54, 1.807) is 48.5 Å². The van der Waals surface area contributed by atoms with Gasteiger partial charge in [0, 0.05) is 23.9 Å². The Morgan fingerprint density at radius 3 is 2.36 bits per heavy atom. The number of halogens is 4. The van der Waals surface area contributed by atoms with Crippen LogP contribution in [0.5, 0.6) is 0 Å². The van der Waals surface area contributed by atoms with Crippen molar-refractivity contribution < 1.29 is 35.6 Å². The van der Waals surface area contributed by atoms with Gasteiger partial charge in [0.2, 0.25) is 15.9 Å². The first-order valence-corrected chi connectivity index (χ1v) is 13.4. The quantitative estimate of drug-likeness (QED) is 0.383. The zero-order valence-electron chi connectivity index (χ0n) is 20.4. The fourth-order valence-electron chi connectivity index (χ4n) is 4.05. The zero-order valence-corrected chi connectivity index (χ0v) is 21.2. The van der Waals surface area contributed by atoms with E-state index in [2.05, 4.69) is 20.3 Å². The third kappa shape index (κ3) is 7.02. The molecule has 1 fully saturated rings. The summed E-state index contributed by atoms with van der Waals surface area (Å²) >= 11 is 0. The fraction of sp³-hybridized carbons (Fsp3) is 0.240. The predicted molar refractivity (Wildman–Crippen MR) is 137 cm³/mol. The average molecular weight is 566 g/mol. The number of amides is 3. The van der Waals surface area contributed by atoms with Crippen LogP contribution in [0, 0.1) is 0 Å². The molecule has 39 heavy (non-hydrogen) atoms. The van der Waals surface area contributed by atoms with Gasteiger partial charge in [-0.2, -0.15) is 13.2 Å². The molecule has 9 nitrogen and oxygen atoms in total. The van der Waals surface area contributed by atoms with Gasteiger partial charge in [0.15, 0.2) is 0 Å². The predicted octanol–water partition coefficient (Wildman–Crippen LogP) is 4.40. The number of sulfonamides is 1. The van der Waals surface area contributed by atoms with Gasteiger partial charge in [-0.1, -0.05) is 30.3 Å². The van der Waals surface area contributed by atoms with E-state index in [9.17, 15) is 35.6 Å². The molecule has 1 aliphatic heterocycles. The number of pyridine rings is 1. The smallest absolute Gasteiger partial charge is 0.326 e. The second-order valence-electron chi connectivity index (χ2n) is 8.83. The number of carbonyl (C=O) groups excluding carboxylic acids is 2. The van der Waals surface area contributed by atoms with Gasteiger partial charge < -0.3 is 10.2 Å². The van der Waals surface area contributed by atoms with Gasteiger partial charge in [0.1, 0.15) is 18.0 Å². The maximum atomic E-state index is 14.6. The number of aromatic nitrogens is 1. The maximum Gasteiger partial charge on any atom is 0.417 e. The van der Waals surface area contributed by atoms with Gasteiger partial charge in [0.05, 0.1) is 24.1 Å². The molecule has 0 aliphatic carbocycles. The van der Waals surface area contributed by atoms with Crippen molar-refractivity contribution in [2.45, 2.75) is 24.8 Å². The molecule has 3 amide bonds. The third-order valence-electron chi connectivity index (χ3n) is 5.79. The van der Waals surface area contributed by atoms with E-state index in [1.165, 1.54) is 4.90 Å². The molecule has 1 saturated heterocycles. The lowest BCUT2D eigenvalue weighted by Gasteiger charge is -2.34. The highest BCUT2D eigenvalue weighted by atomic mass is 32.2. The highest BCUT2D eigenvalue weighted by Crippen LogP contribution is 2.32. The molecule has 14 heteroatoms. The number of carbonyl (C=O) groups is 2. The van der Waals surface area contributed by atoms with Crippen LogP contribution in [0.15, 0.2) is 66.9 Å². The van der Waals surface area contributed by atoms with Crippen LogP contribution in [-0.4, -0.2) is 50.4 Å². The number of alkyl halides is 4. The molecule has 2 atom stereocenters. The number of hydrogen-bond donors (Lipinski definition) is 3. The van der Waals surface area contributed by atoms with Crippen molar-refractivity contribution in [3.63, 3.8) is 0 Å². The minimum absolute atomic E-state index is 0.182. The van der Waals surface area contributed by atoms with Crippen LogP contribution >= 0.6 is 0 Å². The van der Waals surface area contributed by atoms with Crippen LogP contribution in [0.2, 0.25) is 0 Å². The SMILES string of the molecule is CS(=O)(=O)Nc1ccccc1-c1ccc(N2CC(F)C[C@@H](NC(=O)Nc3ccc(C(F)(F)F)cn3)C2=O)cc1. The average Bonchev–Trinajstić information content (AvgIpc) is 2.85. The summed E-state index contributed by atoms with van der Waals surface area (Å²) in [6.07, 6.45) is -4.74. The van der Waals surface area contributed by atoms with E-state index in [0.29, 0.717) is 28.7 Å². The van der Waals surface area contributed by atoms with Gasteiger partial charge >= 0.3 is 12.2 Å². The summed E-state index contributed by atoms with van der Waals surface area (Å²) in [5.41, 5.74) is 0.966. The Hall–Kier alpha value is -4.20.